The van der Waals surface area contributed by atoms with E-state index < -0.39 is 6.57 Å². The Morgan fingerprint density at radius 2 is 1.47 bits per heavy atom. The smallest absolute Gasteiger partial charge is 0.275 e. The predicted octanol–water partition coefficient (Wildman–Crippen LogP) is 1.42. The first-order valence-electron chi connectivity index (χ1n) is 5.16. The molecule has 7 heteroatoms. The minimum atomic E-state index is -2.37. The van der Waals surface area contributed by atoms with Gasteiger partial charge in [-0.15, -0.1) is 0 Å². The van der Waals surface area contributed by atoms with Crippen LogP contribution in [0.1, 0.15) is 0 Å². The highest BCUT2D eigenvalue weighted by Crippen LogP contribution is 2.39. The molecule has 1 aromatic carbocycles. The highest BCUT2D eigenvalue weighted by Gasteiger charge is 2.20. The Hall–Kier alpha value is -0.490. The monoisotopic (exact) mass is 274 g/mol. The lowest BCUT2D eigenvalue weighted by Crippen LogP contribution is -2.40. The first-order chi connectivity index (χ1) is 7.91. The minimum Gasteiger partial charge on any atom is -0.440 e. The second-order valence-corrected chi connectivity index (χ2v) is 7.17. The third-order valence-electron chi connectivity index (χ3n) is 1.64. The lowest BCUT2D eigenvalue weighted by molar-refractivity contribution is 0.319. The van der Waals surface area contributed by atoms with Crippen molar-refractivity contribution in [3.8, 4) is 5.75 Å². The lowest BCUT2D eigenvalue weighted by Gasteiger charge is -2.30. The molecular formula is C10H19N4OPS. The van der Waals surface area contributed by atoms with Crippen molar-refractivity contribution in [3.63, 3.8) is 0 Å². The van der Waals surface area contributed by atoms with Crippen molar-refractivity contribution in [1.82, 2.24) is 20.4 Å². The van der Waals surface area contributed by atoms with E-state index in [2.05, 4.69) is 10.4 Å². The Bertz CT molecular complexity index is 371. The quantitative estimate of drug-likeness (QED) is 0.604. The molecule has 0 saturated heterocycles. The normalized spacial score (nSPS) is 12.1. The van der Waals surface area contributed by atoms with E-state index in [0.29, 0.717) is 0 Å². The summed E-state index contributed by atoms with van der Waals surface area (Å²) >= 11 is 5.52. The van der Waals surface area contributed by atoms with E-state index in [9.17, 15) is 0 Å². The van der Waals surface area contributed by atoms with E-state index in [0.717, 1.165) is 5.75 Å². The Balaban J connectivity index is 2.80. The maximum absolute atomic E-state index is 5.84. The number of hydrazine groups is 2. The number of benzene rings is 1. The maximum atomic E-state index is 5.84. The molecule has 0 aliphatic carbocycles. The Kier molecular flexibility index (Phi) is 5.52. The summed E-state index contributed by atoms with van der Waals surface area (Å²) in [6.45, 7) is -2.37. The van der Waals surface area contributed by atoms with E-state index in [1.807, 2.05) is 58.5 Å². The van der Waals surface area contributed by atoms with Crippen molar-refractivity contribution in [1.29, 1.82) is 0 Å². The third-order valence-corrected chi connectivity index (χ3v) is 4.15. The number of rotatable bonds is 6. The van der Waals surface area contributed by atoms with E-state index in [4.69, 9.17) is 16.3 Å². The molecule has 96 valence electrons. The molecular weight excluding hydrogens is 255 g/mol. The molecule has 2 N–H and O–H groups in total. The van der Waals surface area contributed by atoms with Crippen LogP contribution in [0.2, 0.25) is 0 Å². The van der Waals surface area contributed by atoms with Gasteiger partial charge in [0.25, 0.3) is 6.57 Å². The fourth-order valence-corrected chi connectivity index (χ4v) is 4.06. The highest BCUT2D eigenvalue weighted by atomic mass is 32.4. The molecule has 0 radical (unpaired) electrons. The van der Waals surface area contributed by atoms with Crippen LogP contribution in [-0.4, -0.2) is 38.2 Å². The zero-order valence-electron chi connectivity index (χ0n) is 10.5. The van der Waals surface area contributed by atoms with E-state index >= 15 is 0 Å². The molecule has 5 nitrogen and oxygen atoms in total. The predicted molar refractivity (Wildman–Crippen MR) is 75.0 cm³/mol. The molecule has 0 amide bonds. The average Bonchev–Trinajstić information content (AvgIpc) is 2.15. The van der Waals surface area contributed by atoms with Gasteiger partial charge in [-0.3, -0.25) is 0 Å². The van der Waals surface area contributed by atoms with Crippen LogP contribution in [0, 0.1) is 0 Å². The number of hydrogen-bond acceptors (Lipinski definition) is 4. The zero-order valence-corrected chi connectivity index (χ0v) is 12.3. The van der Waals surface area contributed by atoms with Crippen LogP contribution in [0.5, 0.6) is 5.75 Å². The molecule has 0 aromatic heterocycles. The van der Waals surface area contributed by atoms with E-state index in [1.165, 1.54) is 0 Å². The molecule has 0 aliphatic rings. The highest BCUT2D eigenvalue weighted by molar-refractivity contribution is 8.10. The van der Waals surface area contributed by atoms with Crippen molar-refractivity contribution in [2.24, 2.45) is 0 Å². The molecule has 0 saturated carbocycles. The van der Waals surface area contributed by atoms with Crippen LogP contribution in [-0.2, 0) is 11.8 Å². The van der Waals surface area contributed by atoms with Gasteiger partial charge in [-0.05, 0) is 23.9 Å². The van der Waals surface area contributed by atoms with Gasteiger partial charge in [0.15, 0.2) is 0 Å². The van der Waals surface area contributed by atoms with Crippen LogP contribution in [0.3, 0.4) is 0 Å². The molecule has 0 unspecified atom stereocenters. The van der Waals surface area contributed by atoms with Crippen LogP contribution >= 0.6 is 6.57 Å². The number of para-hydroxylation sites is 1. The molecule has 0 heterocycles. The summed E-state index contributed by atoms with van der Waals surface area (Å²) in [6, 6.07) is 9.54. The molecule has 0 atom stereocenters. The fraction of sp³-hybridized carbons (Fsp3) is 0.400. The molecule has 1 aromatic rings. The third kappa shape index (κ3) is 5.59. The van der Waals surface area contributed by atoms with Gasteiger partial charge in [0.05, 0.1) is 0 Å². The Labute approximate surface area is 108 Å². The fourth-order valence-electron chi connectivity index (χ4n) is 1.22. The Morgan fingerprint density at radius 1 is 1.00 bits per heavy atom. The minimum absolute atomic E-state index is 0.750. The molecule has 0 aliphatic heterocycles. The van der Waals surface area contributed by atoms with Crippen LogP contribution in [0.4, 0.5) is 0 Å². The molecule has 0 fully saturated rings. The summed E-state index contributed by atoms with van der Waals surface area (Å²) in [7, 11) is 7.53. The molecule has 0 spiro atoms. The first kappa shape index (κ1) is 14.6. The average molecular weight is 274 g/mol. The van der Waals surface area contributed by atoms with Crippen molar-refractivity contribution >= 4 is 18.4 Å². The lowest BCUT2D eigenvalue weighted by atomic mass is 10.3. The zero-order chi connectivity index (χ0) is 12.9. The Morgan fingerprint density at radius 3 is 1.88 bits per heavy atom. The van der Waals surface area contributed by atoms with Gasteiger partial charge in [0, 0.05) is 28.2 Å². The molecule has 0 bridgehead atoms. The SMILES string of the molecule is CN(C)NP(=S)(NN(C)C)Oc1ccccc1. The van der Waals surface area contributed by atoms with Crippen LogP contribution < -0.4 is 14.9 Å². The van der Waals surface area contributed by atoms with Crippen molar-refractivity contribution in [2.75, 3.05) is 28.2 Å². The van der Waals surface area contributed by atoms with E-state index in [1.54, 1.807) is 10.0 Å². The second kappa shape index (κ2) is 6.44. The van der Waals surface area contributed by atoms with Gasteiger partial charge < -0.3 is 4.52 Å². The summed E-state index contributed by atoms with van der Waals surface area (Å²) in [5.41, 5.74) is 0. The van der Waals surface area contributed by atoms with Gasteiger partial charge in [-0.2, -0.15) is 10.4 Å². The van der Waals surface area contributed by atoms with Crippen LogP contribution in [0.15, 0.2) is 30.3 Å². The topological polar surface area (TPSA) is 39.8 Å². The standard InChI is InChI=1S/C10H19N4OPS/c1-13(2)11-16(17,12-14(3)4)15-10-8-6-5-7-9-10/h5-9H,1-4H3,(H2,11,12,17). The van der Waals surface area contributed by atoms with E-state index in [-0.39, 0.29) is 0 Å². The van der Waals surface area contributed by atoms with Crippen molar-refractivity contribution in [2.45, 2.75) is 0 Å². The molecule has 1 rings (SSSR count). The largest absolute Gasteiger partial charge is 0.440 e. The summed E-state index contributed by atoms with van der Waals surface area (Å²) in [6.07, 6.45) is 0. The molecule has 17 heavy (non-hydrogen) atoms. The van der Waals surface area contributed by atoms with Gasteiger partial charge in [-0.25, -0.2) is 10.0 Å². The number of nitrogens with one attached hydrogen (secondary N) is 2. The van der Waals surface area contributed by atoms with Gasteiger partial charge in [0.1, 0.15) is 5.75 Å². The maximum Gasteiger partial charge on any atom is 0.275 e. The summed E-state index contributed by atoms with van der Waals surface area (Å²) in [5.74, 6) is 0.750. The summed E-state index contributed by atoms with van der Waals surface area (Å²) < 4.78 is 5.84. The van der Waals surface area contributed by atoms with Gasteiger partial charge in [0.2, 0.25) is 0 Å². The first-order valence-corrected chi connectivity index (χ1v) is 7.88. The summed E-state index contributed by atoms with van der Waals surface area (Å²) in [5, 5.41) is 9.82. The second-order valence-electron chi connectivity index (χ2n) is 3.94. The van der Waals surface area contributed by atoms with Crippen molar-refractivity contribution in [3.05, 3.63) is 30.3 Å². The van der Waals surface area contributed by atoms with Crippen LogP contribution in [0.25, 0.3) is 0 Å². The van der Waals surface area contributed by atoms with Gasteiger partial charge >= 0.3 is 0 Å². The number of hydrogen-bond donors (Lipinski definition) is 2. The summed E-state index contributed by atoms with van der Waals surface area (Å²) in [4.78, 5) is 0. The van der Waals surface area contributed by atoms with Crippen molar-refractivity contribution < 1.29 is 4.52 Å². The van der Waals surface area contributed by atoms with Gasteiger partial charge in [-0.1, -0.05) is 18.2 Å². The number of nitrogens with zero attached hydrogens (tertiary/aromatic N) is 2.